The third kappa shape index (κ3) is 1.98. The number of aliphatic hydroxyl groups is 1. The van der Waals surface area contributed by atoms with Crippen LogP contribution in [-0.2, 0) is 0 Å². The van der Waals surface area contributed by atoms with Crippen LogP contribution >= 0.6 is 0 Å². The molecule has 82 valence electrons. The molecule has 0 saturated heterocycles. The molecule has 1 aromatic rings. The molecule has 1 atom stereocenters. The first-order valence-corrected chi connectivity index (χ1v) is 5.27. The van der Waals surface area contributed by atoms with E-state index in [1.54, 1.807) is 0 Å². The maximum Gasteiger partial charge on any atom is 0.0969 e. The molecule has 2 rings (SSSR count). The molecule has 0 amide bonds. The van der Waals surface area contributed by atoms with E-state index in [0.29, 0.717) is 0 Å². The van der Waals surface area contributed by atoms with E-state index >= 15 is 0 Å². The van der Waals surface area contributed by atoms with Gasteiger partial charge in [-0.05, 0) is 30.5 Å². The van der Waals surface area contributed by atoms with E-state index in [2.05, 4.69) is 0 Å². The van der Waals surface area contributed by atoms with E-state index in [1.165, 1.54) is 0 Å². The number of rotatable bonds is 3. The summed E-state index contributed by atoms with van der Waals surface area (Å²) in [4.78, 5) is 2.03. The van der Waals surface area contributed by atoms with Gasteiger partial charge in [-0.2, -0.15) is 0 Å². The van der Waals surface area contributed by atoms with Gasteiger partial charge < -0.3 is 15.7 Å². The summed E-state index contributed by atoms with van der Waals surface area (Å²) in [6.07, 6.45) is 1.32. The van der Waals surface area contributed by atoms with Crippen LogP contribution in [0.15, 0.2) is 24.3 Å². The first-order chi connectivity index (χ1) is 7.03. The zero-order valence-corrected chi connectivity index (χ0v) is 9.27. The molecule has 1 saturated carbocycles. The molecule has 0 radical (unpaired) electrons. The summed E-state index contributed by atoms with van der Waals surface area (Å²) in [7, 11) is 3.99. The maximum absolute atomic E-state index is 10.0. The minimum absolute atomic E-state index is 0.361. The first-order valence-electron chi connectivity index (χ1n) is 5.27. The van der Waals surface area contributed by atoms with Crippen LogP contribution in [0.2, 0.25) is 0 Å². The second kappa shape index (κ2) is 3.51. The lowest BCUT2D eigenvalue weighted by atomic mass is 10.0. The molecule has 1 aromatic carbocycles. The number of benzene rings is 1. The second-order valence-corrected chi connectivity index (χ2v) is 4.62. The van der Waals surface area contributed by atoms with Gasteiger partial charge in [0.15, 0.2) is 0 Å². The fourth-order valence-corrected chi connectivity index (χ4v) is 1.70. The van der Waals surface area contributed by atoms with Crippen molar-refractivity contribution in [3.8, 4) is 0 Å². The normalized spacial score (nSPS) is 19.7. The smallest absolute Gasteiger partial charge is 0.0969 e. The third-order valence-electron chi connectivity index (χ3n) is 3.10. The van der Waals surface area contributed by atoms with Crippen molar-refractivity contribution in [1.82, 2.24) is 0 Å². The highest BCUT2D eigenvalue weighted by atomic mass is 16.3. The highest BCUT2D eigenvalue weighted by Gasteiger charge is 2.45. The minimum Gasteiger partial charge on any atom is -0.386 e. The minimum atomic E-state index is -0.520. The zero-order valence-electron chi connectivity index (χ0n) is 9.27. The number of hydrogen-bond acceptors (Lipinski definition) is 3. The molecular formula is C12H18N2O. The molecule has 3 nitrogen and oxygen atoms in total. The topological polar surface area (TPSA) is 49.5 Å². The number of nitrogens with zero attached hydrogens (tertiary/aromatic N) is 1. The molecule has 1 fully saturated rings. The predicted molar refractivity (Wildman–Crippen MR) is 61.9 cm³/mol. The SMILES string of the molecule is CN(C)c1ccc(C(O)C2(N)CC2)cc1. The molecule has 0 bridgehead atoms. The van der Waals surface area contributed by atoms with Crippen molar-refractivity contribution in [2.75, 3.05) is 19.0 Å². The van der Waals surface area contributed by atoms with Crippen molar-refractivity contribution >= 4 is 5.69 Å². The lowest BCUT2D eigenvalue weighted by Gasteiger charge is -2.19. The van der Waals surface area contributed by atoms with Crippen molar-refractivity contribution in [1.29, 1.82) is 0 Å². The number of anilines is 1. The van der Waals surface area contributed by atoms with E-state index < -0.39 is 6.10 Å². The largest absolute Gasteiger partial charge is 0.386 e. The Morgan fingerprint density at radius 2 is 1.80 bits per heavy atom. The fraction of sp³-hybridized carbons (Fsp3) is 0.500. The fourth-order valence-electron chi connectivity index (χ4n) is 1.70. The van der Waals surface area contributed by atoms with Crippen LogP contribution in [0, 0.1) is 0 Å². The van der Waals surface area contributed by atoms with Gasteiger partial charge >= 0.3 is 0 Å². The Labute approximate surface area is 90.5 Å². The van der Waals surface area contributed by atoms with Crippen LogP contribution in [0.1, 0.15) is 24.5 Å². The average Bonchev–Trinajstić information content (AvgIpc) is 2.97. The predicted octanol–water partition coefficient (Wildman–Crippen LogP) is 1.28. The number of nitrogens with two attached hydrogens (primary N) is 1. The molecular weight excluding hydrogens is 188 g/mol. The molecule has 1 aliphatic rings. The standard InChI is InChI=1S/C12H18N2O/c1-14(2)10-5-3-9(4-6-10)11(15)12(13)7-8-12/h3-6,11,15H,7-8,13H2,1-2H3. The monoisotopic (exact) mass is 206 g/mol. The van der Waals surface area contributed by atoms with Gasteiger partial charge in [0.1, 0.15) is 0 Å². The highest BCUT2D eigenvalue weighted by Crippen LogP contribution is 2.43. The van der Waals surface area contributed by atoms with Crippen LogP contribution < -0.4 is 10.6 Å². The zero-order chi connectivity index (χ0) is 11.1. The Balaban J connectivity index is 2.16. The van der Waals surface area contributed by atoms with Gasteiger partial charge in [0.05, 0.1) is 6.10 Å². The Hall–Kier alpha value is -1.06. The highest BCUT2D eigenvalue weighted by molar-refractivity contribution is 5.46. The molecule has 1 unspecified atom stereocenters. The molecule has 3 heteroatoms. The molecule has 0 aromatic heterocycles. The second-order valence-electron chi connectivity index (χ2n) is 4.62. The Morgan fingerprint density at radius 1 is 1.27 bits per heavy atom. The van der Waals surface area contributed by atoms with E-state index in [1.807, 2.05) is 43.3 Å². The number of aliphatic hydroxyl groups excluding tert-OH is 1. The summed E-state index contributed by atoms with van der Waals surface area (Å²) >= 11 is 0. The lowest BCUT2D eigenvalue weighted by molar-refractivity contribution is 0.136. The van der Waals surface area contributed by atoms with Crippen LogP contribution in [0.3, 0.4) is 0 Å². The van der Waals surface area contributed by atoms with Crippen molar-refractivity contribution in [3.63, 3.8) is 0 Å². The van der Waals surface area contributed by atoms with Crippen molar-refractivity contribution in [2.24, 2.45) is 5.73 Å². The van der Waals surface area contributed by atoms with Gasteiger partial charge in [0, 0.05) is 25.3 Å². The van der Waals surface area contributed by atoms with Gasteiger partial charge in [-0.25, -0.2) is 0 Å². The lowest BCUT2D eigenvalue weighted by Crippen LogP contribution is -2.30. The van der Waals surface area contributed by atoms with Crippen LogP contribution in [-0.4, -0.2) is 24.7 Å². The molecule has 0 heterocycles. The van der Waals surface area contributed by atoms with Crippen molar-refractivity contribution < 1.29 is 5.11 Å². The third-order valence-corrected chi connectivity index (χ3v) is 3.10. The maximum atomic E-state index is 10.0. The summed E-state index contributed by atoms with van der Waals surface area (Å²) in [5, 5.41) is 10.0. The summed E-state index contributed by atoms with van der Waals surface area (Å²) in [6, 6.07) is 7.91. The Morgan fingerprint density at radius 3 is 2.20 bits per heavy atom. The van der Waals surface area contributed by atoms with E-state index in [9.17, 15) is 5.11 Å². The average molecular weight is 206 g/mol. The van der Waals surface area contributed by atoms with E-state index in [-0.39, 0.29) is 5.54 Å². The molecule has 0 spiro atoms. The summed E-state index contributed by atoms with van der Waals surface area (Å²) < 4.78 is 0. The molecule has 3 N–H and O–H groups in total. The van der Waals surface area contributed by atoms with Crippen LogP contribution in [0.4, 0.5) is 5.69 Å². The Bertz CT molecular complexity index is 341. The summed E-state index contributed by atoms with van der Waals surface area (Å²) in [5.41, 5.74) is 7.65. The van der Waals surface area contributed by atoms with Gasteiger partial charge in [-0.1, -0.05) is 12.1 Å². The molecule has 0 aliphatic heterocycles. The van der Waals surface area contributed by atoms with Crippen LogP contribution in [0.5, 0.6) is 0 Å². The van der Waals surface area contributed by atoms with E-state index in [0.717, 1.165) is 24.1 Å². The molecule has 15 heavy (non-hydrogen) atoms. The van der Waals surface area contributed by atoms with Gasteiger partial charge in [0.2, 0.25) is 0 Å². The van der Waals surface area contributed by atoms with Gasteiger partial charge in [-0.15, -0.1) is 0 Å². The van der Waals surface area contributed by atoms with E-state index in [4.69, 9.17) is 5.73 Å². The Kier molecular flexibility index (Phi) is 2.44. The van der Waals surface area contributed by atoms with Gasteiger partial charge in [-0.3, -0.25) is 0 Å². The number of hydrogen-bond donors (Lipinski definition) is 2. The quantitative estimate of drug-likeness (QED) is 0.783. The van der Waals surface area contributed by atoms with Crippen molar-refractivity contribution in [2.45, 2.75) is 24.5 Å². The van der Waals surface area contributed by atoms with Crippen molar-refractivity contribution in [3.05, 3.63) is 29.8 Å². The first kappa shape index (κ1) is 10.5. The molecule has 1 aliphatic carbocycles. The summed E-state index contributed by atoms with van der Waals surface area (Å²) in [5.74, 6) is 0. The summed E-state index contributed by atoms with van der Waals surface area (Å²) in [6.45, 7) is 0. The van der Waals surface area contributed by atoms with Crippen LogP contribution in [0.25, 0.3) is 0 Å². The van der Waals surface area contributed by atoms with Gasteiger partial charge in [0.25, 0.3) is 0 Å².